The van der Waals surface area contributed by atoms with Gasteiger partial charge in [-0.2, -0.15) is 0 Å². The summed E-state index contributed by atoms with van der Waals surface area (Å²) < 4.78 is 28.0. The Hall–Kier alpha value is -0.910. The van der Waals surface area contributed by atoms with Crippen molar-refractivity contribution in [2.24, 2.45) is 11.8 Å². The Balaban J connectivity index is 1.61. The number of allylic oxidation sites excluding steroid dienone is 2. The van der Waals surface area contributed by atoms with Crippen molar-refractivity contribution in [2.45, 2.75) is 45.0 Å². The first-order valence-electron chi connectivity index (χ1n) is 8.15. The zero-order valence-electron chi connectivity index (χ0n) is 13.2. The van der Waals surface area contributed by atoms with Crippen LogP contribution in [-0.2, 0) is 19.0 Å². The van der Waals surface area contributed by atoms with Gasteiger partial charge in [0.1, 0.15) is 0 Å². The molecule has 2 rings (SSSR count). The molecule has 1 aliphatic carbocycles. The van der Waals surface area contributed by atoms with Gasteiger partial charge in [0.05, 0.1) is 19.9 Å². The Bertz CT molecular complexity index is 430. The Morgan fingerprint density at radius 2 is 2.09 bits per heavy atom. The molecule has 0 bridgehead atoms. The van der Waals surface area contributed by atoms with Crippen LogP contribution >= 0.6 is 11.6 Å². The Morgan fingerprint density at radius 1 is 1.35 bits per heavy atom. The number of ether oxygens (including phenoxy) is 3. The van der Waals surface area contributed by atoms with E-state index in [0.29, 0.717) is 31.5 Å². The molecular weight excluding hydrogens is 323 g/mol. The fourth-order valence-corrected chi connectivity index (χ4v) is 3.07. The van der Waals surface area contributed by atoms with Crippen molar-refractivity contribution >= 4 is 17.6 Å². The lowest BCUT2D eigenvalue weighted by molar-refractivity contribution is -0.307. The highest BCUT2D eigenvalue weighted by molar-refractivity contribution is 6.26. The molecule has 1 atom stereocenters. The summed E-state index contributed by atoms with van der Waals surface area (Å²) in [5.41, 5.74) is 2.36. The third-order valence-electron chi connectivity index (χ3n) is 4.36. The molecule has 6 heteroatoms. The SMILES string of the molecule is O=C(C=CCl)OC1OCC(CCC2CC=C(CCF)CC2)CO1. The molecule has 0 radical (unpaired) electrons. The van der Waals surface area contributed by atoms with Crippen LogP contribution in [0.15, 0.2) is 23.3 Å². The number of halogens is 2. The maximum atomic E-state index is 12.3. The van der Waals surface area contributed by atoms with Gasteiger partial charge in [-0.25, -0.2) is 4.79 Å². The smallest absolute Gasteiger partial charge is 0.335 e. The maximum Gasteiger partial charge on any atom is 0.335 e. The third kappa shape index (κ3) is 6.61. The molecule has 0 saturated carbocycles. The number of hydrogen-bond acceptors (Lipinski definition) is 4. The molecule has 1 saturated heterocycles. The van der Waals surface area contributed by atoms with Crippen molar-refractivity contribution in [3.63, 3.8) is 0 Å². The zero-order chi connectivity index (χ0) is 16.5. The molecule has 4 nitrogen and oxygen atoms in total. The molecule has 0 spiro atoms. The average Bonchev–Trinajstić information content (AvgIpc) is 2.56. The lowest BCUT2D eigenvalue weighted by atomic mass is 9.84. The van der Waals surface area contributed by atoms with Gasteiger partial charge in [-0.1, -0.05) is 23.3 Å². The summed E-state index contributed by atoms with van der Waals surface area (Å²) >= 11 is 5.29. The van der Waals surface area contributed by atoms with Crippen LogP contribution in [-0.4, -0.2) is 32.3 Å². The molecule has 0 aromatic carbocycles. The molecule has 1 unspecified atom stereocenters. The Labute approximate surface area is 141 Å². The van der Waals surface area contributed by atoms with E-state index in [0.717, 1.165) is 43.7 Å². The number of esters is 1. The van der Waals surface area contributed by atoms with Crippen molar-refractivity contribution in [1.29, 1.82) is 0 Å². The molecule has 23 heavy (non-hydrogen) atoms. The van der Waals surface area contributed by atoms with Gasteiger partial charge in [-0.15, -0.1) is 0 Å². The summed E-state index contributed by atoms with van der Waals surface area (Å²) in [7, 11) is 0. The first-order chi connectivity index (χ1) is 11.2. The first-order valence-corrected chi connectivity index (χ1v) is 8.59. The Kier molecular flexibility index (Phi) is 8.06. The first kappa shape index (κ1) is 18.4. The lowest BCUT2D eigenvalue weighted by Crippen LogP contribution is -2.35. The second-order valence-electron chi connectivity index (χ2n) is 6.07. The minimum absolute atomic E-state index is 0.250. The van der Waals surface area contributed by atoms with Gasteiger partial charge in [-0.3, -0.25) is 4.39 Å². The van der Waals surface area contributed by atoms with Crippen molar-refractivity contribution in [3.8, 4) is 0 Å². The fraction of sp³-hybridized carbons (Fsp3) is 0.706. The van der Waals surface area contributed by atoms with Gasteiger partial charge in [0.2, 0.25) is 0 Å². The van der Waals surface area contributed by atoms with E-state index in [2.05, 4.69) is 6.08 Å². The minimum atomic E-state index is -0.938. The van der Waals surface area contributed by atoms with Crippen LogP contribution < -0.4 is 0 Å². The van der Waals surface area contributed by atoms with E-state index < -0.39 is 12.4 Å². The minimum Gasteiger partial charge on any atom is -0.407 e. The van der Waals surface area contributed by atoms with Crippen molar-refractivity contribution < 1.29 is 23.4 Å². The van der Waals surface area contributed by atoms with Crippen LogP contribution in [0.5, 0.6) is 0 Å². The third-order valence-corrected chi connectivity index (χ3v) is 4.49. The molecular formula is C17H24ClFO4. The van der Waals surface area contributed by atoms with Crippen LogP contribution in [0.1, 0.15) is 38.5 Å². The van der Waals surface area contributed by atoms with Crippen LogP contribution in [0, 0.1) is 11.8 Å². The van der Waals surface area contributed by atoms with E-state index in [9.17, 15) is 9.18 Å². The molecule has 1 heterocycles. The number of alkyl halides is 1. The summed E-state index contributed by atoms with van der Waals surface area (Å²) in [6.07, 6.45) is 9.28. The van der Waals surface area contributed by atoms with E-state index in [1.165, 1.54) is 5.57 Å². The van der Waals surface area contributed by atoms with E-state index >= 15 is 0 Å². The molecule has 1 aliphatic heterocycles. The summed E-state index contributed by atoms with van der Waals surface area (Å²) in [6.45, 7) is -0.136. The summed E-state index contributed by atoms with van der Waals surface area (Å²) in [4.78, 5) is 11.2. The fourth-order valence-electron chi connectivity index (χ4n) is 2.97. The van der Waals surface area contributed by atoms with E-state index in [-0.39, 0.29) is 6.67 Å². The standard InChI is InChI=1S/C17H24ClFO4/c18-9-7-16(20)23-17-21-11-15(12-22-17)6-5-13-1-3-14(4-2-13)8-10-19/h3,7,9,13,15,17H,1-2,4-6,8,10-12H2. The van der Waals surface area contributed by atoms with E-state index in [1.54, 1.807) is 0 Å². The van der Waals surface area contributed by atoms with Gasteiger partial charge in [0.15, 0.2) is 0 Å². The van der Waals surface area contributed by atoms with Crippen LogP contribution in [0.3, 0.4) is 0 Å². The molecule has 0 amide bonds. The highest BCUT2D eigenvalue weighted by Gasteiger charge is 2.25. The topological polar surface area (TPSA) is 44.8 Å². The summed E-state index contributed by atoms with van der Waals surface area (Å²) in [5, 5.41) is 0. The molecule has 0 aromatic rings. The van der Waals surface area contributed by atoms with E-state index in [1.807, 2.05) is 0 Å². The monoisotopic (exact) mass is 346 g/mol. The summed E-state index contributed by atoms with van der Waals surface area (Å²) in [5.74, 6) is 0.411. The number of hydrogen-bond donors (Lipinski definition) is 0. The van der Waals surface area contributed by atoms with E-state index in [4.69, 9.17) is 25.8 Å². The van der Waals surface area contributed by atoms with Crippen molar-refractivity contribution in [1.82, 2.24) is 0 Å². The molecule has 0 N–H and O–H groups in total. The summed E-state index contributed by atoms with van der Waals surface area (Å²) in [6, 6.07) is 0. The molecule has 1 fully saturated rings. The molecule has 130 valence electrons. The molecule has 0 aromatic heterocycles. The van der Waals surface area contributed by atoms with Crippen LogP contribution in [0.4, 0.5) is 4.39 Å². The van der Waals surface area contributed by atoms with Gasteiger partial charge < -0.3 is 14.2 Å². The Morgan fingerprint density at radius 3 is 2.70 bits per heavy atom. The predicted molar refractivity (Wildman–Crippen MR) is 85.5 cm³/mol. The van der Waals surface area contributed by atoms with Gasteiger partial charge in [0.25, 0.3) is 0 Å². The number of carbonyl (C=O) groups excluding carboxylic acids is 1. The highest BCUT2D eigenvalue weighted by atomic mass is 35.5. The van der Waals surface area contributed by atoms with Crippen LogP contribution in [0.2, 0.25) is 0 Å². The largest absolute Gasteiger partial charge is 0.407 e. The van der Waals surface area contributed by atoms with Crippen molar-refractivity contribution in [3.05, 3.63) is 23.3 Å². The number of rotatable bonds is 7. The second kappa shape index (κ2) is 10.1. The molecule has 2 aliphatic rings. The van der Waals surface area contributed by atoms with Gasteiger partial charge in [-0.05, 0) is 44.4 Å². The van der Waals surface area contributed by atoms with Crippen molar-refractivity contribution in [2.75, 3.05) is 19.9 Å². The van der Waals surface area contributed by atoms with Crippen LogP contribution in [0.25, 0.3) is 0 Å². The van der Waals surface area contributed by atoms with Gasteiger partial charge in [0, 0.05) is 17.5 Å². The lowest BCUT2D eigenvalue weighted by Gasteiger charge is -2.29. The highest BCUT2D eigenvalue weighted by Crippen LogP contribution is 2.30. The van der Waals surface area contributed by atoms with Gasteiger partial charge >= 0.3 is 12.4 Å². The maximum absolute atomic E-state index is 12.3. The number of carbonyl (C=O) groups is 1. The zero-order valence-corrected chi connectivity index (χ0v) is 14.0. The quantitative estimate of drug-likeness (QED) is 0.395. The predicted octanol–water partition coefficient (Wildman–Crippen LogP) is 4.10. The normalized spacial score (nSPS) is 28.6. The second-order valence-corrected chi connectivity index (χ2v) is 6.32. The average molecular weight is 347 g/mol.